The highest BCUT2D eigenvalue weighted by atomic mass is 35.5. The molecule has 134 valence electrons. The van der Waals surface area contributed by atoms with Crippen LogP contribution in [-0.2, 0) is 11.2 Å². The van der Waals surface area contributed by atoms with E-state index in [4.69, 9.17) is 11.6 Å². The van der Waals surface area contributed by atoms with Gasteiger partial charge in [-0.1, -0.05) is 43.0 Å². The smallest absolute Gasteiger partial charge is 0.231 e. The van der Waals surface area contributed by atoms with Crippen molar-refractivity contribution in [2.75, 3.05) is 5.32 Å². The molecule has 1 amide bonds. The van der Waals surface area contributed by atoms with Crippen molar-refractivity contribution in [2.24, 2.45) is 5.41 Å². The van der Waals surface area contributed by atoms with Gasteiger partial charge in [-0.05, 0) is 43.0 Å². The second-order valence-electron chi connectivity index (χ2n) is 7.05. The number of carbonyl (C=O) groups is 1. The highest BCUT2D eigenvalue weighted by Gasteiger charge is 2.39. The Bertz CT molecular complexity index is 930. The molecular formula is C20H21ClN4O. The second kappa shape index (κ2) is 7.08. The standard InChI is InChI=1S/C20H21ClN4O/c21-16-7-4-6-15(12-16)13-20(8-2-1-3-9-20)19(26)24-17-14-23-25-11-5-10-22-18(17)25/h4-7,10-12,14H,1-3,8-9,13H2,(H,24,26). The van der Waals surface area contributed by atoms with Crippen molar-refractivity contribution in [1.82, 2.24) is 14.6 Å². The number of nitrogens with zero attached hydrogens (tertiary/aromatic N) is 3. The molecule has 26 heavy (non-hydrogen) atoms. The number of halogens is 1. The maximum absolute atomic E-state index is 13.3. The molecule has 3 aromatic rings. The van der Waals surface area contributed by atoms with Crippen LogP contribution in [0.4, 0.5) is 5.69 Å². The average Bonchev–Trinajstić information content (AvgIpc) is 3.06. The topological polar surface area (TPSA) is 59.3 Å². The minimum atomic E-state index is -0.411. The third kappa shape index (κ3) is 3.31. The van der Waals surface area contributed by atoms with Crippen LogP contribution in [0.3, 0.4) is 0 Å². The summed E-state index contributed by atoms with van der Waals surface area (Å²) in [6, 6.07) is 9.63. The van der Waals surface area contributed by atoms with Crippen LogP contribution >= 0.6 is 11.6 Å². The number of benzene rings is 1. The summed E-state index contributed by atoms with van der Waals surface area (Å²) in [6.45, 7) is 0. The van der Waals surface area contributed by atoms with E-state index in [-0.39, 0.29) is 5.91 Å². The van der Waals surface area contributed by atoms with Gasteiger partial charge in [0, 0.05) is 17.4 Å². The van der Waals surface area contributed by atoms with E-state index in [1.165, 1.54) is 6.42 Å². The maximum atomic E-state index is 13.3. The molecule has 0 bridgehead atoms. The van der Waals surface area contributed by atoms with E-state index in [2.05, 4.69) is 15.4 Å². The maximum Gasteiger partial charge on any atom is 0.231 e. The third-order valence-electron chi connectivity index (χ3n) is 5.25. The molecule has 1 aromatic carbocycles. The van der Waals surface area contributed by atoms with Crippen LogP contribution < -0.4 is 5.32 Å². The Morgan fingerprint density at radius 3 is 2.88 bits per heavy atom. The molecular weight excluding hydrogens is 348 g/mol. The number of carbonyl (C=O) groups excluding carboxylic acids is 1. The number of anilines is 1. The van der Waals surface area contributed by atoms with E-state index < -0.39 is 5.41 Å². The first kappa shape index (κ1) is 17.0. The molecule has 0 spiro atoms. The SMILES string of the molecule is O=C(Nc1cnn2cccnc12)C1(Cc2cccc(Cl)c2)CCCCC1. The Balaban J connectivity index is 1.62. The fourth-order valence-electron chi connectivity index (χ4n) is 3.92. The molecule has 6 heteroatoms. The van der Waals surface area contributed by atoms with Gasteiger partial charge in [-0.25, -0.2) is 9.50 Å². The largest absolute Gasteiger partial charge is 0.321 e. The predicted molar refractivity (Wildman–Crippen MR) is 102 cm³/mol. The van der Waals surface area contributed by atoms with Gasteiger partial charge < -0.3 is 5.32 Å². The first-order chi connectivity index (χ1) is 12.7. The van der Waals surface area contributed by atoms with Crippen LogP contribution in [0.5, 0.6) is 0 Å². The first-order valence-corrected chi connectivity index (χ1v) is 9.38. The highest BCUT2D eigenvalue weighted by molar-refractivity contribution is 6.30. The molecule has 4 rings (SSSR count). The van der Waals surface area contributed by atoms with Crippen molar-refractivity contribution in [3.63, 3.8) is 0 Å². The number of rotatable bonds is 4. The van der Waals surface area contributed by atoms with Crippen molar-refractivity contribution in [3.8, 4) is 0 Å². The summed E-state index contributed by atoms with van der Waals surface area (Å²) in [5, 5.41) is 8.06. The number of hydrogen-bond donors (Lipinski definition) is 1. The van der Waals surface area contributed by atoms with E-state index in [1.54, 1.807) is 16.9 Å². The number of nitrogens with one attached hydrogen (secondary N) is 1. The summed E-state index contributed by atoms with van der Waals surface area (Å²) < 4.78 is 1.67. The molecule has 2 heterocycles. The van der Waals surface area contributed by atoms with Crippen molar-refractivity contribution < 1.29 is 4.79 Å². The molecule has 0 unspecified atom stereocenters. The van der Waals surface area contributed by atoms with Gasteiger partial charge in [0.25, 0.3) is 0 Å². The van der Waals surface area contributed by atoms with Crippen LogP contribution in [0, 0.1) is 5.41 Å². The summed E-state index contributed by atoms with van der Waals surface area (Å²) in [6.07, 6.45) is 11.0. The van der Waals surface area contributed by atoms with Gasteiger partial charge in [-0.15, -0.1) is 0 Å². The quantitative estimate of drug-likeness (QED) is 0.736. The van der Waals surface area contributed by atoms with Crippen LogP contribution in [0.25, 0.3) is 5.65 Å². The van der Waals surface area contributed by atoms with Crippen LogP contribution in [0.2, 0.25) is 5.02 Å². The summed E-state index contributed by atoms with van der Waals surface area (Å²) in [5.74, 6) is 0.0535. The fraction of sp³-hybridized carbons (Fsp3) is 0.350. The monoisotopic (exact) mass is 368 g/mol. The zero-order valence-electron chi connectivity index (χ0n) is 14.5. The molecule has 0 radical (unpaired) electrons. The lowest BCUT2D eigenvalue weighted by molar-refractivity contribution is -0.127. The van der Waals surface area contributed by atoms with Crippen molar-refractivity contribution in [3.05, 3.63) is 59.5 Å². The molecule has 0 saturated heterocycles. The Labute approximate surface area is 157 Å². The van der Waals surface area contributed by atoms with Crippen LogP contribution in [0.1, 0.15) is 37.7 Å². The third-order valence-corrected chi connectivity index (χ3v) is 5.49. The van der Waals surface area contributed by atoms with E-state index >= 15 is 0 Å². The van der Waals surface area contributed by atoms with E-state index in [0.29, 0.717) is 22.8 Å². The molecule has 1 N–H and O–H groups in total. The van der Waals surface area contributed by atoms with Gasteiger partial charge in [0.15, 0.2) is 5.65 Å². The van der Waals surface area contributed by atoms with Gasteiger partial charge >= 0.3 is 0 Å². The lowest BCUT2D eigenvalue weighted by Gasteiger charge is -2.36. The number of aromatic nitrogens is 3. The van der Waals surface area contributed by atoms with Crippen molar-refractivity contribution in [1.29, 1.82) is 0 Å². The normalized spacial score (nSPS) is 16.5. The van der Waals surface area contributed by atoms with E-state index in [0.717, 1.165) is 31.2 Å². The summed E-state index contributed by atoms with van der Waals surface area (Å²) in [7, 11) is 0. The van der Waals surface area contributed by atoms with Gasteiger partial charge in [-0.2, -0.15) is 5.10 Å². The summed E-state index contributed by atoms with van der Waals surface area (Å²) in [4.78, 5) is 17.6. The van der Waals surface area contributed by atoms with Gasteiger partial charge in [-0.3, -0.25) is 4.79 Å². The van der Waals surface area contributed by atoms with E-state index in [9.17, 15) is 4.79 Å². The van der Waals surface area contributed by atoms with Crippen LogP contribution in [-0.4, -0.2) is 20.5 Å². The fourth-order valence-corrected chi connectivity index (χ4v) is 4.13. The molecule has 2 aromatic heterocycles. The Kier molecular flexibility index (Phi) is 4.64. The summed E-state index contributed by atoms with van der Waals surface area (Å²) in [5.41, 5.74) is 2.01. The van der Waals surface area contributed by atoms with Gasteiger partial charge in [0.2, 0.25) is 5.91 Å². The molecule has 0 aliphatic heterocycles. The average molecular weight is 369 g/mol. The summed E-state index contributed by atoms with van der Waals surface area (Å²) >= 11 is 6.15. The Morgan fingerprint density at radius 2 is 2.08 bits per heavy atom. The number of amides is 1. The predicted octanol–water partition coefficient (Wildman–Crippen LogP) is 4.51. The molecule has 1 aliphatic rings. The van der Waals surface area contributed by atoms with Crippen molar-refractivity contribution in [2.45, 2.75) is 38.5 Å². The van der Waals surface area contributed by atoms with E-state index in [1.807, 2.05) is 36.5 Å². The Hall–Kier alpha value is -2.40. The van der Waals surface area contributed by atoms with Gasteiger partial charge in [0.05, 0.1) is 11.6 Å². The Morgan fingerprint density at radius 1 is 1.23 bits per heavy atom. The van der Waals surface area contributed by atoms with Crippen LogP contribution in [0.15, 0.2) is 48.9 Å². The lowest BCUT2D eigenvalue weighted by atomic mass is 9.69. The second-order valence-corrected chi connectivity index (χ2v) is 7.48. The first-order valence-electron chi connectivity index (χ1n) is 9.01. The molecule has 5 nitrogen and oxygen atoms in total. The number of hydrogen-bond acceptors (Lipinski definition) is 3. The zero-order valence-corrected chi connectivity index (χ0v) is 15.2. The lowest BCUT2D eigenvalue weighted by Crippen LogP contribution is -2.40. The highest BCUT2D eigenvalue weighted by Crippen LogP contribution is 2.40. The zero-order chi connectivity index (χ0) is 18.0. The molecule has 1 saturated carbocycles. The number of fused-ring (bicyclic) bond motifs is 1. The molecule has 0 atom stereocenters. The van der Waals surface area contributed by atoms with Crippen molar-refractivity contribution >= 4 is 28.8 Å². The minimum Gasteiger partial charge on any atom is -0.321 e. The minimum absolute atomic E-state index is 0.0535. The van der Waals surface area contributed by atoms with Gasteiger partial charge in [0.1, 0.15) is 5.69 Å². The molecule has 1 aliphatic carbocycles. The molecule has 1 fully saturated rings.